The Morgan fingerprint density at radius 2 is 1.07 bits per heavy atom. The van der Waals surface area contributed by atoms with Crippen LogP contribution in [0.15, 0.2) is 48.5 Å². The number of benzene rings is 2. The van der Waals surface area contributed by atoms with Crippen molar-refractivity contribution in [2.24, 2.45) is 0 Å². The lowest BCUT2D eigenvalue weighted by molar-refractivity contribution is -0.150. The van der Waals surface area contributed by atoms with Crippen molar-refractivity contribution in [1.29, 1.82) is 0 Å². The topological polar surface area (TPSA) is 191 Å². The molecule has 10 N–H and O–H groups in total. The second-order valence-electron chi connectivity index (χ2n) is 6.10. The highest BCUT2D eigenvalue weighted by Gasteiger charge is 2.37. The quantitative estimate of drug-likeness (QED) is 0.272. The number of carbonyl (C=O) groups excluding carboxylic acids is 2. The number of carbonyl (C=O) groups is 2. The second kappa shape index (κ2) is 9.15. The summed E-state index contributed by atoms with van der Waals surface area (Å²) in [5.41, 5.74) is 12.4. The summed E-state index contributed by atoms with van der Waals surface area (Å²) in [4.78, 5) is 24.0. The second-order valence-corrected chi connectivity index (χ2v) is 6.10. The first-order valence-electron chi connectivity index (χ1n) is 8.24. The van der Waals surface area contributed by atoms with Gasteiger partial charge in [-0.15, -0.1) is 0 Å². The van der Waals surface area contributed by atoms with E-state index in [-0.39, 0.29) is 11.4 Å². The fourth-order valence-electron chi connectivity index (χ4n) is 2.35. The Labute approximate surface area is 160 Å². The minimum Gasteiger partial charge on any atom is -0.399 e. The molecule has 0 spiro atoms. The van der Waals surface area contributed by atoms with Crippen molar-refractivity contribution in [3.8, 4) is 0 Å². The van der Waals surface area contributed by atoms with Crippen LogP contribution in [-0.2, 0) is 9.59 Å². The van der Waals surface area contributed by atoms with Gasteiger partial charge in [0.25, 0.3) is 11.8 Å². The maximum atomic E-state index is 12.0. The number of rotatable bonds is 7. The minimum atomic E-state index is -2.14. The van der Waals surface area contributed by atoms with Crippen LogP contribution in [0, 0.1) is 0 Å². The van der Waals surface area contributed by atoms with Gasteiger partial charge in [0.05, 0.1) is 0 Å². The van der Waals surface area contributed by atoms with E-state index in [1.807, 2.05) is 0 Å². The van der Waals surface area contributed by atoms with E-state index in [4.69, 9.17) is 11.5 Å². The van der Waals surface area contributed by atoms with Gasteiger partial charge < -0.3 is 42.5 Å². The monoisotopic (exact) mass is 390 g/mol. The van der Waals surface area contributed by atoms with Gasteiger partial charge in [0.15, 0.2) is 12.2 Å². The average molecular weight is 390 g/mol. The first kappa shape index (κ1) is 21.1. The van der Waals surface area contributed by atoms with Gasteiger partial charge in [-0.3, -0.25) is 9.59 Å². The SMILES string of the molecule is Nc1cccc(NC(=O)[C@@H](O)[C@H](O)[C@H](O)[C@@H](O)C(=O)Nc2cccc(N)c2)c1. The Morgan fingerprint density at radius 1 is 0.714 bits per heavy atom. The molecule has 10 heteroatoms. The standard InChI is InChI=1S/C18H22N4O6/c19-9-3-1-5-11(7-9)21-17(27)15(25)13(23)14(24)16(26)18(28)22-12-6-2-4-10(20)8-12/h1-8,13-16,23-26H,19-20H2,(H,21,27)(H,22,28)/t13-,14+,15+,16-. The van der Waals surface area contributed by atoms with Gasteiger partial charge in [-0.25, -0.2) is 0 Å². The van der Waals surface area contributed by atoms with Gasteiger partial charge in [-0.2, -0.15) is 0 Å². The average Bonchev–Trinajstić information content (AvgIpc) is 2.65. The van der Waals surface area contributed by atoms with Crippen molar-refractivity contribution in [2.75, 3.05) is 22.1 Å². The molecule has 150 valence electrons. The lowest BCUT2D eigenvalue weighted by Crippen LogP contribution is -2.52. The third-order valence-corrected chi connectivity index (χ3v) is 3.84. The van der Waals surface area contributed by atoms with Crippen molar-refractivity contribution in [3.63, 3.8) is 0 Å². The molecule has 2 aromatic carbocycles. The molecule has 0 bridgehead atoms. The van der Waals surface area contributed by atoms with Gasteiger partial charge in [0.1, 0.15) is 12.2 Å². The summed E-state index contributed by atoms with van der Waals surface area (Å²) in [6, 6.07) is 12.1. The van der Waals surface area contributed by atoms with Gasteiger partial charge in [0, 0.05) is 22.7 Å². The maximum Gasteiger partial charge on any atom is 0.256 e. The molecule has 0 radical (unpaired) electrons. The van der Waals surface area contributed by atoms with Crippen molar-refractivity contribution in [3.05, 3.63) is 48.5 Å². The van der Waals surface area contributed by atoms with Crippen molar-refractivity contribution in [1.82, 2.24) is 0 Å². The van der Waals surface area contributed by atoms with Gasteiger partial charge in [-0.1, -0.05) is 12.1 Å². The van der Waals surface area contributed by atoms with E-state index in [1.54, 1.807) is 24.3 Å². The van der Waals surface area contributed by atoms with Gasteiger partial charge >= 0.3 is 0 Å². The van der Waals surface area contributed by atoms with Crippen LogP contribution in [0.3, 0.4) is 0 Å². The fourth-order valence-corrected chi connectivity index (χ4v) is 2.35. The molecule has 0 saturated carbocycles. The number of amides is 2. The van der Waals surface area contributed by atoms with Crippen LogP contribution >= 0.6 is 0 Å². The Kier molecular flexibility index (Phi) is 6.90. The number of nitrogen functional groups attached to an aromatic ring is 2. The summed E-state index contributed by atoms with van der Waals surface area (Å²) < 4.78 is 0. The highest BCUT2D eigenvalue weighted by atomic mass is 16.4. The third-order valence-electron chi connectivity index (χ3n) is 3.84. The number of nitrogens with two attached hydrogens (primary N) is 2. The number of nitrogens with one attached hydrogen (secondary N) is 2. The number of aliphatic hydroxyl groups excluding tert-OH is 4. The predicted molar refractivity (Wildman–Crippen MR) is 103 cm³/mol. The Hall–Kier alpha value is -3.18. The highest BCUT2D eigenvalue weighted by molar-refractivity contribution is 5.96. The molecular formula is C18H22N4O6. The van der Waals surface area contributed by atoms with Crippen LogP contribution in [0.25, 0.3) is 0 Å². The third kappa shape index (κ3) is 5.41. The molecule has 2 aromatic rings. The smallest absolute Gasteiger partial charge is 0.256 e. The zero-order valence-electron chi connectivity index (χ0n) is 14.7. The summed E-state index contributed by atoms with van der Waals surface area (Å²) in [5.74, 6) is -2.11. The van der Waals surface area contributed by atoms with E-state index in [0.29, 0.717) is 11.4 Å². The predicted octanol–water partition coefficient (Wildman–Crippen LogP) is -1.13. The number of hydrogen-bond donors (Lipinski definition) is 8. The summed E-state index contributed by atoms with van der Waals surface area (Å²) >= 11 is 0. The molecule has 0 aliphatic heterocycles. The number of anilines is 4. The van der Waals surface area contributed by atoms with E-state index in [2.05, 4.69) is 10.6 Å². The van der Waals surface area contributed by atoms with E-state index in [0.717, 1.165) is 0 Å². The molecule has 10 nitrogen and oxygen atoms in total. The van der Waals surface area contributed by atoms with E-state index in [9.17, 15) is 30.0 Å². The first-order chi connectivity index (χ1) is 13.2. The molecule has 0 aromatic heterocycles. The van der Waals surface area contributed by atoms with Crippen LogP contribution in [0.5, 0.6) is 0 Å². The fraction of sp³-hybridized carbons (Fsp3) is 0.222. The largest absolute Gasteiger partial charge is 0.399 e. The van der Waals surface area contributed by atoms with Crippen LogP contribution in [0.2, 0.25) is 0 Å². The number of aliphatic hydroxyl groups is 4. The molecule has 2 amide bonds. The zero-order valence-corrected chi connectivity index (χ0v) is 14.7. The maximum absolute atomic E-state index is 12.0. The minimum absolute atomic E-state index is 0.255. The van der Waals surface area contributed by atoms with Crippen molar-refractivity contribution < 1.29 is 30.0 Å². The van der Waals surface area contributed by atoms with Gasteiger partial charge in [0.2, 0.25) is 0 Å². The Bertz CT molecular complexity index is 777. The van der Waals surface area contributed by atoms with Crippen LogP contribution in [0.1, 0.15) is 0 Å². The van der Waals surface area contributed by atoms with Crippen LogP contribution < -0.4 is 22.1 Å². The van der Waals surface area contributed by atoms with E-state index < -0.39 is 36.2 Å². The van der Waals surface area contributed by atoms with E-state index in [1.165, 1.54) is 24.3 Å². The Morgan fingerprint density at radius 3 is 1.39 bits per heavy atom. The van der Waals surface area contributed by atoms with E-state index >= 15 is 0 Å². The van der Waals surface area contributed by atoms with Crippen molar-refractivity contribution in [2.45, 2.75) is 24.4 Å². The normalized spacial score (nSPS) is 15.1. The van der Waals surface area contributed by atoms with Crippen molar-refractivity contribution >= 4 is 34.6 Å². The number of hydrogen-bond acceptors (Lipinski definition) is 8. The highest BCUT2D eigenvalue weighted by Crippen LogP contribution is 2.15. The van der Waals surface area contributed by atoms with Crippen LogP contribution in [0.4, 0.5) is 22.7 Å². The zero-order chi connectivity index (χ0) is 20.8. The molecule has 0 fully saturated rings. The first-order valence-corrected chi connectivity index (χ1v) is 8.24. The van der Waals surface area contributed by atoms with Crippen LogP contribution in [-0.4, -0.2) is 56.7 Å². The lowest BCUT2D eigenvalue weighted by Gasteiger charge is -2.25. The molecule has 0 aliphatic rings. The molecule has 0 saturated heterocycles. The summed E-state index contributed by atoms with van der Waals surface area (Å²) in [5, 5.41) is 44.4. The molecule has 0 heterocycles. The summed E-state index contributed by atoms with van der Waals surface area (Å²) in [6.45, 7) is 0. The lowest BCUT2D eigenvalue weighted by atomic mass is 10.0. The molecule has 4 atom stereocenters. The molecule has 28 heavy (non-hydrogen) atoms. The molecule has 2 rings (SSSR count). The molecular weight excluding hydrogens is 368 g/mol. The summed E-state index contributed by atoms with van der Waals surface area (Å²) in [6.07, 6.45) is -8.51. The van der Waals surface area contributed by atoms with Gasteiger partial charge in [-0.05, 0) is 36.4 Å². The summed E-state index contributed by atoms with van der Waals surface area (Å²) in [7, 11) is 0. The molecule has 0 unspecified atom stereocenters. The Balaban J connectivity index is 1.97. The molecule has 0 aliphatic carbocycles.